The molecule has 1 aromatic heterocycles. The van der Waals surface area contributed by atoms with Gasteiger partial charge >= 0.3 is 0 Å². The Hall–Kier alpha value is -0.610. The van der Waals surface area contributed by atoms with E-state index in [2.05, 4.69) is 51.3 Å². The maximum atomic E-state index is 4.34. The monoisotopic (exact) mass is 285 g/mol. The molecule has 4 heteroatoms. The van der Waals surface area contributed by atoms with Gasteiger partial charge in [-0.2, -0.15) is 0 Å². The van der Waals surface area contributed by atoms with E-state index in [-0.39, 0.29) is 0 Å². The second-order valence-corrected chi connectivity index (χ2v) is 5.13. The van der Waals surface area contributed by atoms with Crippen molar-refractivity contribution in [2.24, 2.45) is 0 Å². The lowest BCUT2D eigenvalue weighted by atomic mass is 10.3. The van der Waals surface area contributed by atoms with Crippen molar-refractivity contribution in [2.75, 3.05) is 32.5 Å². The maximum absolute atomic E-state index is 4.34. The first kappa shape index (κ1) is 13.5. The average Bonchev–Trinajstić information content (AvgIpc) is 2.20. The molecule has 0 fully saturated rings. The predicted octanol–water partition coefficient (Wildman–Crippen LogP) is 2.91. The molecule has 3 nitrogen and oxygen atoms in total. The SMILES string of the molecule is Cc1cnc(NCCCCN(C)C)c(Br)c1. The summed E-state index contributed by atoms with van der Waals surface area (Å²) in [5, 5.41) is 3.34. The number of hydrogen-bond acceptors (Lipinski definition) is 3. The number of aryl methyl sites for hydroxylation is 1. The average molecular weight is 286 g/mol. The van der Waals surface area contributed by atoms with Crippen LogP contribution in [0.4, 0.5) is 5.82 Å². The highest BCUT2D eigenvalue weighted by Crippen LogP contribution is 2.20. The van der Waals surface area contributed by atoms with Gasteiger partial charge in [0, 0.05) is 12.7 Å². The number of aromatic nitrogens is 1. The summed E-state index contributed by atoms with van der Waals surface area (Å²) in [5.74, 6) is 0.940. The molecule has 0 aliphatic rings. The molecule has 16 heavy (non-hydrogen) atoms. The second kappa shape index (κ2) is 6.86. The number of nitrogens with one attached hydrogen (secondary N) is 1. The summed E-state index contributed by atoms with van der Waals surface area (Å²) in [7, 11) is 4.21. The molecule has 0 saturated heterocycles. The standard InChI is InChI=1S/C12H20BrN3/c1-10-8-11(13)12(15-9-10)14-6-4-5-7-16(2)3/h8-9H,4-7H2,1-3H3,(H,14,15). The summed E-state index contributed by atoms with van der Waals surface area (Å²) in [6.45, 7) is 4.16. The largest absolute Gasteiger partial charge is 0.369 e. The summed E-state index contributed by atoms with van der Waals surface area (Å²) in [5.41, 5.74) is 1.17. The van der Waals surface area contributed by atoms with Gasteiger partial charge in [-0.3, -0.25) is 0 Å². The lowest BCUT2D eigenvalue weighted by molar-refractivity contribution is 0.396. The fourth-order valence-corrected chi connectivity index (χ4v) is 2.03. The lowest BCUT2D eigenvalue weighted by Crippen LogP contribution is -2.14. The number of halogens is 1. The van der Waals surface area contributed by atoms with Crippen molar-refractivity contribution >= 4 is 21.7 Å². The van der Waals surface area contributed by atoms with Gasteiger partial charge in [-0.25, -0.2) is 4.98 Å². The Morgan fingerprint density at radius 3 is 2.75 bits per heavy atom. The van der Waals surface area contributed by atoms with E-state index in [4.69, 9.17) is 0 Å². The second-order valence-electron chi connectivity index (χ2n) is 4.28. The van der Waals surface area contributed by atoms with E-state index in [0.717, 1.165) is 23.4 Å². The van der Waals surface area contributed by atoms with Crippen LogP contribution < -0.4 is 5.32 Å². The van der Waals surface area contributed by atoms with E-state index in [9.17, 15) is 0 Å². The Morgan fingerprint density at radius 1 is 1.38 bits per heavy atom. The molecular formula is C12H20BrN3. The zero-order valence-electron chi connectivity index (χ0n) is 10.3. The topological polar surface area (TPSA) is 28.2 Å². The van der Waals surface area contributed by atoms with E-state index < -0.39 is 0 Å². The molecule has 1 heterocycles. The van der Waals surface area contributed by atoms with Crippen LogP contribution in [0.1, 0.15) is 18.4 Å². The van der Waals surface area contributed by atoms with Crippen LogP contribution in [-0.4, -0.2) is 37.1 Å². The van der Waals surface area contributed by atoms with Gasteiger partial charge < -0.3 is 10.2 Å². The van der Waals surface area contributed by atoms with Crippen LogP contribution in [0.3, 0.4) is 0 Å². The molecule has 90 valence electrons. The molecule has 0 radical (unpaired) electrons. The smallest absolute Gasteiger partial charge is 0.140 e. The van der Waals surface area contributed by atoms with E-state index in [0.29, 0.717) is 0 Å². The highest BCUT2D eigenvalue weighted by atomic mass is 79.9. The van der Waals surface area contributed by atoms with Crippen LogP contribution in [0.15, 0.2) is 16.7 Å². The van der Waals surface area contributed by atoms with Crippen LogP contribution in [0.5, 0.6) is 0 Å². The molecular weight excluding hydrogens is 266 g/mol. The van der Waals surface area contributed by atoms with Crippen LogP contribution in [0.2, 0.25) is 0 Å². The summed E-state index contributed by atoms with van der Waals surface area (Å²) in [6.07, 6.45) is 4.26. The molecule has 0 saturated carbocycles. The number of anilines is 1. The van der Waals surface area contributed by atoms with E-state index in [1.807, 2.05) is 13.1 Å². The zero-order chi connectivity index (χ0) is 12.0. The third-order valence-electron chi connectivity index (χ3n) is 2.30. The first-order valence-corrected chi connectivity index (χ1v) is 6.39. The molecule has 0 bridgehead atoms. The molecule has 0 aromatic carbocycles. The van der Waals surface area contributed by atoms with E-state index >= 15 is 0 Å². The van der Waals surface area contributed by atoms with Crippen molar-refractivity contribution in [3.05, 3.63) is 22.3 Å². The summed E-state index contributed by atoms with van der Waals surface area (Å²) in [6, 6.07) is 2.08. The van der Waals surface area contributed by atoms with Crippen molar-refractivity contribution in [1.29, 1.82) is 0 Å². The number of rotatable bonds is 6. The summed E-state index contributed by atoms with van der Waals surface area (Å²) in [4.78, 5) is 6.55. The third kappa shape index (κ3) is 4.94. The Labute approximate surface area is 106 Å². The van der Waals surface area contributed by atoms with E-state index in [1.165, 1.54) is 18.4 Å². The lowest BCUT2D eigenvalue weighted by Gasteiger charge is -2.10. The van der Waals surface area contributed by atoms with Crippen LogP contribution in [0, 0.1) is 6.92 Å². The van der Waals surface area contributed by atoms with Gasteiger partial charge in [0.2, 0.25) is 0 Å². The minimum absolute atomic E-state index is 0.940. The Balaban J connectivity index is 2.27. The molecule has 0 atom stereocenters. The zero-order valence-corrected chi connectivity index (χ0v) is 11.8. The maximum Gasteiger partial charge on any atom is 0.140 e. The predicted molar refractivity (Wildman–Crippen MR) is 73.0 cm³/mol. The molecule has 0 aliphatic carbocycles. The highest BCUT2D eigenvalue weighted by molar-refractivity contribution is 9.10. The fraction of sp³-hybridized carbons (Fsp3) is 0.583. The van der Waals surface area contributed by atoms with Crippen LogP contribution in [0.25, 0.3) is 0 Å². The minimum atomic E-state index is 0.940. The highest BCUT2D eigenvalue weighted by Gasteiger charge is 2.00. The van der Waals surface area contributed by atoms with Gasteiger partial charge in [-0.1, -0.05) is 0 Å². The number of hydrogen-bond donors (Lipinski definition) is 1. The van der Waals surface area contributed by atoms with Gasteiger partial charge in [0.25, 0.3) is 0 Å². The number of unbranched alkanes of at least 4 members (excludes halogenated alkanes) is 1. The van der Waals surface area contributed by atoms with Crippen molar-refractivity contribution in [3.63, 3.8) is 0 Å². The molecule has 0 aliphatic heterocycles. The quantitative estimate of drug-likeness (QED) is 0.815. The fourth-order valence-electron chi connectivity index (χ4n) is 1.42. The Morgan fingerprint density at radius 2 is 2.12 bits per heavy atom. The molecule has 0 unspecified atom stereocenters. The minimum Gasteiger partial charge on any atom is -0.369 e. The molecule has 1 rings (SSSR count). The van der Waals surface area contributed by atoms with E-state index in [1.54, 1.807) is 0 Å². The first-order valence-electron chi connectivity index (χ1n) is 5.60. The summed E-state index contributed by atoms with van der Waals surface area (Å²) < 4.78 is 1.04. The van der Waals surface area contributed by atoms with Gasteiger partial charge in [0.1, 0.15) is 5.82 Å². The molecule has 1 aromatic rings. The molecule has 1 N–H and O–H groups in total. The summed E-state index contributed by atoms with van der Waals surface area (Å²) >= 11 is 3.51. The Bertz CT molecular complexity index is 326. The van der Waals surface area contributed by atoms with Crippen molar-refractivity contribution in [2.45, 2.75) is 19.8 Å². The van der Waals surface area contributed by atoms with Gasteiger partial charge in [-0.15, -0.1) is 0 Å². The van der Waals surface area contributed by atoms with Gasteiger partial charge in [0.05, 0.1) is 4.47 Å². The van der Waals surface area contributed by atoms with Crippen molar-refractivity contribution in [3.8, 4) is 0 Å². The number of nitrogens with zero attached hydrogens (tertiary/aromatic N) is 2. The molecule has 0 amide bonds. The van der Waals surface area contributed by atoms with Crippen molar-refractivity contribution in [1.82, 2.24) is 9.88 Å². The van der Waals surface area contributed by atoms with Crippen LogP contribution in [-0.2, 0) is 0 Å². The van der Waals surface area contributed by atoms with Crippen molar-refractivity contribution < 1.29 is 0 Å². The number of pyridine rings is 1. The van der Waals surface area contributed by atoms with Crippen LogP contribution >= 0.6 is 15.9 Å². The normalized spacial score (nSPS) is 10.8. The molecule has 0 spiro atoms. The third-order valence-corrected chi connectivity index (χ3v) is 2.91. The van der Waals surface area contributed by atoms with Gasteiger partial charge in [0.15, 0.2) is 0 Å². The first-order chi connectivity index (χ1) is 7.59. The Kier molecular flexibility index (Phi) is 5.77. The van der Waals surface area contributed by atoms with Gasteiger partial charge in [-0.05, 0) is 68.0 Å².